The molecule has 0 radical (unpaired) electrons. The molecule has 130 valence electrons. The molecule has 4 nitrogen and oxygen atoms in total. The second kappa shape index (κ2) is 8.21. The van der Waals surface area contributed by atoms with E-state index >= 15 is 0 Å². The lowest BCUT2D eigenvalue weighted by Crippen LogP contribution is -2.30. The van der Waals surface area contributed by atoms with E-state index in [4.69, 9.17) is 21.1 Å². The molecule has 1 aromatic carbocycles. The predicted octanol–water partition coefficient (Wildman–Crippen LogP) is 3.96. The molecule has 24 heavy (non-hydrogen) atoms. The minimum absolute atomic E-state index is 0.354. The van der Waals surface area contributed by atoms with Gasteiger partial charge in [-0.15, -0.1) is 0 Å². The van der Waals surface area contributed by atoms with E-state index in [2.05, 4.69) is 41.1 Å². The highest BCUT2D eigenvalue weighted by molar-refractivity contribution is 7.07. The maximum atomic E-state index is 6.35. The molecule has 0 saturated carbocycles. The summed E-state index contributed by atoms with van der Waals surface area (Å²) in [5, 5.41) is 8.47. The summed E-state index contributed by atoms with van der Waals surface area (Å²) in [7, 11) is 4.21. The summed E-state index contributed by atoms with van der Waals surface area (Å²) < 4.78 is 11.4. The Morgan fingerprint density at radius 2 is 2.12 bits per heavy atom. The SMILES string of the molecule is CN(C)C(CNCc1cc(Cl)c2c(c1)OCCCO2)c1ccsc1. The minimum atomic E-state index is 0.354. The van der Waals surface area contributed by atoms with Crippen molar-refractivity contribution >= 4 is 22.9 Å². The van der Waals surface area contributed by atoms with Crippen LogP contribution in [0, 0.1) is 0 Å². The van der Waals surface area contributed by atoms with Crippen LogP contribution in [-0.2, 0) is 6.54 Å². The third-order valence-corrected chi connectivity index (χ3v) is 5.06. The lowest BCUT2D eigenvalue weighted by atomic mass is 10.1. The summed E-state index contributed by atoms with van der Waals surface area (Å²) in [6.07, 6.45) is 0.879. The summed E-state index contributed by atoms with van der Waals surface area (Å²) in [5.74, 6) is 1.42. The van der Waals surface area contributed by atoms with Gasteiger partial charge in [0, 0.05) is 25.6 Å². The van der Waals surface area contributed by atoms with Crippen LogP contribution in [0.4, 0.5) is 0 Å². The molecule has 6 heteroatoms. The van der Waals surface area contributed by atoms with Crippen molar-refractivity contribution in [1.82, 2.24) is 10.2 Å². The highest BCUT2D eigenvalue weighted by Gasteiger charge is 2.17. The molecule has 1 aliphatic rings. The number of nitrogens with one attached hydrogen (secondary N) is 1. The fourth-order valence-electron chi connectivity index (χ4n) is 2.80. The first-order valence-corrected chi connectivity index (χ1v) is 9.44. The third kappa shape index (κ3) is 4.22. The Kier molecular flexibility index (Phi) is 6.00. The highest BCUT2D eigenvalue weighted by atomic mass is 35.5. The number of hydrogen-bond donors (Lipinski definition) is 1. The van der Waals surface area contributed by atoms with Crippen LogP contribution in [0.2, 0.25) is 5.02 Å². The fraction of sp³-hybridized carbons (Fsp3) is 0.444. The Morgan fingerprint density at radius 1 is 1.29 bits per heavy atom. The molecule has 0 bridgehead atoms. The number of nitrogens with zero attached hydrogens (tertiary/aromatic N) is 1. The van der Waals surface area contributed by atoms with Gasteiger partial charge in [-0.25, -0.2) is 0 Å². The fourth-order valence-corrected chi connectivity index (χ4v) is 3.80. The molecule has 2 heterocycles. The average molecular weight is 367 g/mol. The Hall–Kier alpha value is -1.27. The molecule has 1 unspecified atom stereocenters. The molecular formula is C18H23ClN2O2S. The van der Waals surface area contributed by atoms with Gasteiger partial charge in [-0.05, 0) is 54.2 Å². The van der Waals surface area contributed by atoms with Gasteiger partial charge in [0.1, 0.15) is 0 Å². The molecule has 3 rings (SSSR count). The molecule has 1 N–H and O–H groups in total. The van der Waals surface area contributed by atoms with Crippen molar-refractivity contribution in [2.24, 2.45) is 0 Å². The van der Waals surface area contributed by atoms with Crippen LogP contribution in [0.1, 0.15) is 23.6 Å². The summed E-state index contributed by atoms with van der Waals surface area (Å²) in [6.45, 7) is 2.93. The maximum Gasteiger partial charge on any atom is 0.179 e. The molecule has 0 amide bonds. The van der Waals surface area contributed by atoms with Gasteiger partial charge in [0.25, 0.3) is 0 Å². The van der Waals surface area contributed by atoms with Crippen LogP contribution in [0.5, 0.6) is 11.5 Å². The van der Waals surface area contributed by atoms with Gasteiger partial charge in [-0.2, -0.15) is 11.3 Å². The van der Waals surface area contributed by atoms with Crippen LogP contribution in [-0.4, -0.2) is 38.8 Å². The zero-order valence-corrected chi connectivity index (χ0v) is 15.6. The lowest BCUT2D eigenvalue weighted by Gasteiger charge is -2.24. The van der Waals surface area contributed by atoms with Crippen molar-refractivity contribution in [1.29, 1.82) is 0 Å². The summed E-state index contributed by atoms with van der Waals surface area (Å²) >= 11 is 8.09. The molecule has 0 saturated heterocycles. The van der Waals surface area contributed by atoms with Crippen LogP contribution < -0.4 is 14.8 Å². The van der Waals surface area contributed by atoms with Gasteiger partial charge in [0.05, 0.1) is 18.2 Å². The van der Waals surface area contributed by atoms with E-state index in [1.807, 2.05) is 12.1 Å². The van der Waals surface area contributed by atoms with E-state index in [0.29, 0.717) is 30.0 Å². The van der Waals surface area contributed by atoms with E-state index in [9.17, 15) is 0 Å². The zero-order chi connectivity index (χ0) is 16.9. The Labute approximate surface area is 152 Å². The molecule has 1 atom stereocenters. The first-order chi connectivity index (χ1) is 11.6. The highest BCUT2D eigenvalue weighted by Crippen LogP contribution is 2.38. The van der Waals surface area contributed by atoms with Crippen LogP contribution >= 0.6 is 22.9 Å². The monoisotopic (exact) mass is 366 g/mol. The molecule has 2 aromatic rings. The Morgan fingerprint density at radius 3 is 2.88 bits per heavy atom. The quantitative estimate of drug-likeness (QED) is 0.839. The van der Waals surface area contributed by atoms with Gasteiger partial charge in [-0.3, -0.25) is 0 Å². The maximum absolute atomic E-state index is 6.35. The molecule has 0 aliphatic carbocycles. The van der Waals surface area contributed by atoms with E-state index in [1.165, 1.54) is 5.56 Å². The number of fused-ring (bicyclic) bond motifs is 1. The second-order valence-corrected chi connectivity index (χ2v) is 7.31. The zero-order valence-electron chi connectivity index (χ0n) is 14.0. The van der Waals surface area contributed by atoms with Gasteiger partial charge < -0.3 is 19.7 Å². The van der Waals surface area contributed by atoms with E-state index in [0.717, 1.165) is 30.8 Å². The number of hydrogen-bond acceptors (Lipinski definition) is 5. The predicted molar refractivity (Wildman–Crippen MR) is 99.5 cm³/mol. The normalized spacial score (nSPS) is 15.3. The number of rotatable bonds is 6. The Balaban J connectivity index is 1.64. The number of halogens is 1. The summed E-state index contributed by atoms with van der Waals surface area (Å²) in [5.41, 5.74) is 2.45. The van der Waals surface area contributed by atoms with Crippen molar-refractivity contribution in [2.75, 3.05) is 33.9 Å². The van der Waals surface area contributed by atoms with Crippen LogP contribution in [0.15, 0.2) is 29.0 Å². The van der Waals surface area contributed by atoms with E-state index < -0.39 is 0 Å². The van der Waals surface area contributed by atoms with Crippen LogP contribution in [0.3, 0.4) is 0 Å². The molecule has 1 aliphatic heterocycles. The Bertz CT molecular complexity index is 661. The number of likely N-dealkylation sites (N-methyl/N-ethyl adjacent to an activating group) is 1. The number of benzene rings is 1. The van der Waals surface area contributed by atoms with Crippen molar-refractivity contribution in [3.05, 3.63) is 45.1 Å². The first-order valence-electron chi connectivity index (χ1n) is 8.12. The van der Waals surface area contributed by atoms with Crippen LogP contribution in [0.25, 0.3) is 0 Å². The largest absolute Gasteiger partial charge is 0.489 e. The van der Waals surface area contributed by atoms with E-state index in [-0.39, 0.29) is 0 Å². The molecular weight excluding hydrogens is 344 g/mol. The summed E-state index contributed by atoms with van der Waals surface area (Å²) in [4.78, 5) is 2.23. The molecule has 0 fully saturated rings. The van der Waals surface area contributed by atoms with Gasteiger partial charge in [0.15, 0.2) is 11.5 Å². The lowest BCUT2D eigenvalue weighted by molar-refractivity contribution is 0.288. The first kappa shape index (κ1) is 17.5. The van der Waals surface area contributed by atoms with Gasteiger partial charge in [-0.1, -0.05) is 11.6 Å². The van der Waals surface area contributed by atoms with E-state index in [1.54, 1.807) is 11.3 Å². The second-order valence-electron chi connectivity index (χ2n) is 6.12. The summed E-state index contributed by atoms with van der Waals surface area (Å²) in [6, 6.07) is 6.51. The van der Waals surface area contributed by atoms with Gasteiger partial charge in [0.2, 0.25) is 0 Å². The smallest absolute Gasteiger partial charge is 0.179 e. The standard InChI is InChI=1S/C18H23ClN2O2S/c1-21(2)16(14-4-7-24-12-14)11-20-10-13-8-15(19)18-17(9-13)22-5-3-6-23-18/h4,7-9,12,16,20H,3,5-6,10-11H2,1-2H3. The molecule has 1 aromatic heterocycles. The average Bonchev–Trinajstić information content (AvgIpc) is 2.96. The van der Waals surface area contributed by atoms with Crippen molar-refractivity contribution in [3.63, 3.8) is 0 Å². The number of ether oxygens (including phenoxy) is 2. The molecule has 0 spiro atoms. The van der Waals surface area contributed by atoms with Crippen molar-refractivity contribution in [2.45, 2.75) is 19.0 Å². The topological polar surface area (TPSA) is 33.7 Å². The number of thiophene rings is 1. The third-order valence-electron chi connectivity index (χ3n) is 4.08. The van der Waals surface area contributed by atoms with Gasteiger partial charge >= 0.3 is 0 Å². The minimum Gasteiger partial charge on any atom is -0.489 e. The van der Waals surface area contributed by atoms with Crippen molar-refractivity contribution < 1.29 is 9.47 Å². The van der Waals surface area contributed by atoms with Crippen molar-refractivity contribution in [3.8, 4) is 11.5 Å².